The van der Waals surface area contributed by atoms with Crippen LogP contribution in [0.2, 0.25) is 5.15 Å². The predicted octanol–water partition coefficient (Wildman–Crippen LogP) is 3.87. The van der Waals surface area contributed by atoms with Crippen LogP contribution in [-0.2, 0) is 6.54 Å². The lowest BCUT2D eigenvalue weighted by atomic mass is 10.1. The van der Waals surface area contributed by atoms with Crippen molar-refractivity contribution in [1.82, 2.24) is 4.98 Å². The number of nitrogens with zero attached hydrogens (tertiary/aromatic N) is 2. The highest BCUT2D eigenvalue weighted by Gasteiger charge is 2.09. The monoisotopic (exact) mass is 315 g/mol. The highest BCUT2D eigenvalue weighted by molar-refractivity contribution is 6.29. The molecule has 0 atom stereocenters. The van der Waals surface area contributed by atoms with Gasteiger partial charge in [-0.3, -0.25) is 4.79 Å². The third kappa shape index (κ3) is 3.65. The second-order valence-electron chi connectivity index (χ2n) is 5.03. The minimum atomic E-state index is 0.276. The van der Waals surface area contributed by atoms with Crippen molar-refractivity contribution >= 4 is 35.3 Å². The molecule has 0 unspecified atom stereocenters. The zero-order valence-corrected chi connectivity index (χ0v) is 13.4. The van der Waals surface area contributed by atoms with Gasteiger partial charge >= 0.3 is 0 Å². The van der Waals surface area contributed by atoms with Gasteiger partial charge in [-0.2, -0.15) is 0 Å². The maximum Gasteiger partial charge on any atom is 0.169 e. The molecule has 5 heteroatoms. The topological polar surface area (TPSA) is 45.2 Å². The minimum absolute atomic E-state index is 0.276. The molecule has 114 valence electrons. The molecule has 0 radical (unpaired) electrons. The van der Waals surface area contributed by atoms with Gasteiger partial charge in [0.15, 0.2) is 6.29 Å². The molecule has 22 heavy (non-hydrogen) atoms. The molecule has 0 amide bonds. The van der Waals surface area contributed by atoms with Gasteiger partial charge in [-0.25, -0.2) is 4.98 Å². The molecule has 0 aliphatic rings. The van der Waals surface area contributed by atoms with E-state index >= 15 is 0 Å². The second kappa shape index (κ2) is 7.09. The number of hydrogen-bond donors (Lipinski definition) is 1. The number of benzene rings is 1. The molecular weight excluding hydrogens is 298 g/mol. The number of pyridine rings is 1. The molecule has 1 N–H and O–H groups in total. The van der Waals surface area contributed by atoms with Crippen molar-refractivity contribution in [2.24, 2.45) is 0 Å². The van der Waals surface area contributed by atoms with Gasteiger partial charge in [0.1, 0.15) is 10.8 Å². The van der Waals surface area contributed by atoms with Gasteiger partial charge in [-0.1, -0.05) is 36.4 Å². The van der Waals surface area contributed by atoms with Crippen molar-refractivity contribution in [2.75, 3.05) is 24.3 Å². The highest BCUT2D eigenvalue weighted by Crippen LogP contribution is 2.24. The van der Waals surface area contributed by atoms with Gasteiger partial charge in [0.05, 0.1) is 0 Å². The largest absolute Gasteiger partial charge is 0.380 e. The first-order chi connectivity index (χ1) is 10.5. The van der Waals surface area contributed by atoms with Crippen LogP contribution in [0.3, 0.4) is 0 Å². The van der Waals surface area contributed by atoms with Crippen molar-refractivity contribution in [3.8, 4) is 0 Å². The molecule has 1 aromatic carbocycles. The zero-order chi connectivity index (χ0) is 16.1. The van der Waals surface area contributed by atoms with Crippen LogP contribution in [0.1, 0.15) is 21.6 Å². The van der Waals surface area contributed by atoms with E-state index in [2.05, 4.69) is 41.1 Å². The van der Waals surface area contributed by atoms with Crippen LogP contribution in [0.15, 0.2) is 36.9 Å². The Morgan fingerprint density at radius 1 is 1.32 bits per heavy atom. The summed E-state index contributed by atoms with van der Waals surface area (Å²) in [7, 11) is 4.01. The molecule has 1 aromatic heterocycles. The molecule has 0 bridgehead atoms. The number of nitrogens with one attached hydrogen (secondary N) is 1. The Kier molecular flexibility index (Phi) is 5.17. The standard InChI is InChI=1S/C17H18ClN3O/c1-4-14-15(9-17(18)20-16(14)11-22)19-10-12-5-7-13(8-6-12)21(2)3/h4-9,11H,1,10H2,2-3H3,(H,19,20). The first kappa shape index (κ1) is 16.0. The van der Waals surface area contributed by atoms with E-state index in [-0.39, 0.29) is 10.8 Å². The number of aromatic nitrogens is 1. The average Bonchev–Trinajstić information content (AvgIpc) is 2.52. The molecular formula is C17H18ClN3O. The van der Waals surface area contributed by atoms with Crippen LogP contribution in [-0.4, -0.2) is 25.4 Å². The molecule has 0 spiro atoms. The minimum Gasteiger partial charge on any atom is -0.380 e. The van der Waals surface area contributed by atoms with Crippen LogP contribution in [0.4, 0.5) is 11.4 Å². The van der Waals surface area contributed by atoms with Crippen molar-refractivity contribution < 1.29 is 4.79 Å². The number of hydrogen-bond acceptors (Lipinski definition) is 4. The first-order valence-electron chi connectivity index (χ1n) is 6.83. The SMILES string of the molecule is C=Cc1c(NCc2ccc(N(C)C)cc2)cc(Cl)nc1C=O. The smallest absolute Gasteiger partial charge is 0.169 e. The summed E-state index contributed by atoms with van der Waals surface area (Å²) >= 11 is 5.95. The summed E-state index contributed by atoms with van der Waals surface area (Å²) in [6.45, 7) is 4.35. The van der Waals surface area contributed by atoms with Crippen molar-refractivity contribution in [2.45, 2.75) is 6.54 Å². The van der Waals surface area contributed by atoms with E-state index in [4.69, 9.17) is 11.6 Å². The zero-order valence-electron chi connectivity index (χ0n) is 12.6. The van der Waals surface area contributed by atoms with E-state index in [1.807, 2.05) is 19.0 Å². The van der Waals surface area contributed by atoms with Gasteiger partial charge in [-0.15, -0.1) is 0 Å². The van der Waals surface area contributed by atoms with Crippen molar-refractivity contribution in [1.29, 1.82) is 0 Å². The lowest BCUT2D eigenvalue weighted by Crippen LogP contribution is -2.09. The van der Waals surface area contributed by atoms with E-state index in [0.717, 1.165) is 16.9 Å². The number of anilines is 2. The molecule has 0 fully saturated rings. The molecule has 4 nitrogen and oxygen atoms in total. The summed E-state index contributed by atoms with van der Waals surface area (Å²) in [4.78, 5) is 17.1. The second-order valence-corrected chi connectivity index (χ2v) is 5.42. The Hall–Kier alpha value is -2.33. The summed E-state index contributed by atoms with van der Waals surface area (Å²) < 4.78 is 0. The molecule has 1 heterocycles. The third-order valence-electron chi connectivity index (χ3n) is 3.31. The van der Waals surface area contributed by atoms with Crippen LogP contribution < -0.4 is 10.2 Å². The lowest BCUT2D eigenvalue weighted by molar-refractivity contribution is 0.111. The van der Waals surface area contributed by atoms with E-state index < -0.39 is 0 Å². The molecule has 2 aromatic rings. The fourth-order valence-corrected chi connectivity index (χ4v) is 2.30. The fraction of sp³-hybridized carbons (Fsp3) is 0.176. The summed E-state index contributed by atoms with van der Waals surface area (Å²) in [6.07, 6.45) is 2.28. The first-order valence-corrected chi connectivity index (χ1v) is 7.21. The van der Waals surface area contributed by atoms with Crippen LogP contribution in [0.5, 0.6) is 0 Å². The van der Waals surface area contributed by atoms with Gasteiger partial charge in [-0.05, 0) is 23.8 Å². The van der Waals surface area contributed by atoms with Gasteiger partial charge in [0.2, 0.25) is 0 Å². The number of halogens is 1. The van der Waals surface area contributed by atoms with Gasteiger partial charge < -0.3 is 10.2 Å². The maximum absolute atomic E-state index is 11.1. The number of carbonyl (C=O) groups is 1. The van der Waals surface area contributed by atoms with E-state index in [0.29, 0.717) is 18.4 Å². The number of carbonyl (C=O) groups excluding carboxylic acids is 1. The van der Waals surface area contributed by atoms with Crippen LogP contribution in [0.25, 0.3) is 6.08 Å². The highest BCUT2D eigenvalue weighted by atomic mass is 35.5. The molecule has 0 saturated heterocycles. The average molecular weight is 316 g/mol. The summed E-state index contributed by atoms with van der Waals surface area (Å²) in [5, 5.41) is 3.55. The summed E-state index contributed by atoms with van der Waals surface area (Å²) in [5.74, 6) is 0. The van der Waals surface area contributed by atoms with Crippen molar-refractivity contribution in [3.05, 3.63) is 58.9 Å². The predicted molar refractivity (Wildman–Crippen MR) is 92.8 cm³/mol. The normalized spacial score (nSPS) is 10.1. The van der Waals surface area contributed by atoms with E-state index in [1.165, 1.54) is 0 Å². The van der Waals surface area contributed by atoms with Crippen molar-refractivity contribution in [3.63, 3.8) is 0 Å². The Labute approximate surface area is 135 Å². The summed E-state index contributed by atoms with van der Waals surface area (Å²) in [5.41, 5.74) is 3.96. The van der Waals surface area contributed by atoms with E-state index in [1.54, 1.807) is 12.1 Å². The van der Waals surface area contributed by atoms with E-state index in [9.17, 15) is 4.79 Å². The van der Waals surface area contributed by atoms with Gasteiger partial charge in [0, 0.05) is 37.6 Å². The Balaban J connectivity index is 2.19. The third-order valence-corrected chi connectivity index (χ3v) is 3.50. The Morgan fingerprint density at radius 3 is 2.55 bits per heavy atom. The molecule has 0 aliphatic heterocycles. The Bertz CT molecular complexity index is 681. The summed E-state index contributed by atoms with van der Waals surface area (Å²) in [6, 6.07) is 9.92. The molecule has 2 rings (SSSR count). The maximum atomic E-state index is 11.1. The Morgan fingerprint density at radius 2 is 2.00 bits per heavy atom. The quantitative estimate of drug-likeness (QED) is 0.649. The van der Waals surface area contributed by atoms with Gasteiger partial charge in [0.25, 0.3) is 0 Å². The lowest BCUT2D eigenvalue weighted by Gasteiger charge is -2.14. The molecule has 0 aliphatic carbocycles. The van der Waals surface area contributed by atoms with Crippen LogP contribution >= 0.6 is 11.6 Å². The van der Waals surface area contributed by atoms with Crippen LogP contribution in [0, 0.1) is 0 Å². The molecule has 0 saturated carbocycles. The number of rotatable bonds is 6. The fourth-order valence-electron chi connectivity index (χ4n) is 2.10. The number of aldehydes is 1.